The normalized spacial score (nSPS) is 11.0. The first kappa shape index (κ1) is 13.6. The lowest BCUT2D eigenvalue weighted by Crippen LogP contribution is -2.00. The standard InChI is InChI=1S/C19H16N4/c1-2-14-11-21-19(18-8-4-3-7-17(14)18)23-13-16(12-22-23)15-6-5-9-20-10-15/h3-13H,2H2,1H3. The lowest BCUT2D eigenvalue weighted by molar-refractivity contribution is 0.853. The van der Waals surface area contributed by atoms with Crippen LogP contribution in [0.3, 0.4) is 0 Å². The van der Waals surface area contributed by atoms with Gasteiger partial charge in [-0.25, -0.2) is 9.67 Å². The van der Waals surface area contributed by atoms with Crippen LogP contribution in [0.1, 0.15) is 12.5 Å². The Kier molecular flexibility index (Phi) is 3.35. The van der Waals surface area contributed by atoms with Crippen LogP contribution in [0, 0.1) is 0 Å². The lowest BCUT2D eigenvalue weighted by Gasteiger charge is -2.09. The molecule has 0 spiro atoms. The van der Waals surface area contributed by atoms with Gasteiger partial charge < -0.3 is 0 Å². The lowest BCUT2D eigenvalue weighted by atomic mass is 10.1. The van der Waals surface area contributed by atoms with Crippen molar-refractivity contribution in [3.05, 3.63) is 72.9 Å². The maximum atomic E-state index is 4.64. The van der Waals surface area contributed by atoms with Crippen LogP contribution < -0.4 is 0 Å². The van der Waals surface area contributed by atoms with Crippen molar-refractivity contribution < 1.29 is 0 Å². The Morgan fingerprint density at radius 1 is 0.913 bits per heavy atom. The summed E-state index contributed by atoms with van der Waals surface area (Å²) in [6.45, 7) is 2.15. The van der Waals surface area contributed by atoms with E-state index in [1.807, 2.05) is 47.7 Å². The van der Waals surface area contributed by atoms with Gasteiger partial charge in [-0.1, -0.05) is 37.3 Å². The summed E-state index contributed by atoms with van der Waals surface area (Å²) in [6, 6.07) is 12.3. The highest BCUT2D eigenvalue weighted by atomic mass is 15.3. The molecule has 3 aromatic heterocycles. The topological polar surface area (TPSA) is 43.6 Å². The second kappa shape index (κ2) is 5.65. The SMILES string of the molecule is CCc1cnc(-n2cc(-c3cccnc3)cn2)c2ccccc12. The van der Waals surface area contributed by atoms with Crippen molar-refractivity contribution in [2.24, 2.45) is 0 Å². The van der Waals surface area contributed by atoms with Gasteiger partial charge in [0.2, 0.25) is 0 Å². The summed E-state index contributed by atoms with van der Waals surface area (Å²) in [7, 11) is 0. The fourth-order valence-corrected chi connectivity index (χ4v) is 2.82. The Morgan fingerprint density at radius 2 is 1.78 bits per heavy atom. The van der Waals surface area contributed by atoms with Gasteiger partial charge in [-0.2, -0.15) is 5.10 Å². The minimum absolute atomic E-state index is 0.855. The summed E-state index contributed by atoms with van der Waals surface area (Å²) in [4.78, 5) is 8.80. The first-order chi connectivity index (χ1) is 11.4. The highest BCUT2D eigenvalue weighted by molar-refractivity contribution is 5.91. The van der Waals surface area contributed by atoms with E-state index in [-0.39, 0.29) is 0 Å². The van der Waals surface area contributed by atoms with E-state index >= 15 is 0 Å². The largest absolute Gasteiger partial charge is 0.264 e. The Balaban J connectivity index is 1.86. The smallest absolute Gasteiger partial charge is 0.161 e. The first-order valence-corrected chi connectivity index (χ1v) is 7.69. The minimum atomic E-state index is 0.855. The number of pyridine rings is 2. The van der Waals surface area contributed by atoms with E-state index < -0.39 is 0 Å². The number of aromatic nitrogens is 4. The molecule has 112 valence electrons. The van der Waals surface area contributed by atoms with Crippen molar-refractivity contribution in [2.75, 3.05) is 0 Å². The zero-order valence-corrected chi connectivity index (χ0v) is 12.8. The summed E-state index contributed by atoms with van der Waals surface area (Å²) in [6.07, 6.45) is 10.4. The van der Waals surface area contributed by atoms with E-state index in [2.05, 4.69) is 40.2 Å². The third kappa shape index (κ3) is 2.38. The van der Waals surface area contributed by atoms with Crippen LogP contribution in [0.15, 0.2) is 67.4 Å². The van der Waals surface area contributed by atoms with Crippen molar-refractivity contribution in [2.45, 2.75) is 13.3 Å². The molecule has 4 aromatic rings. The van der Waals surface area contributed by atoms with Gasteiger partial charge in [0.05, 0.1) is 6.20 Å². The number of aryl methyl sites for hydroxylation is 1. The molecule has 0 aliphatic heterocycles. The Morgan fingerprint density at radius 3 is 2.57 bits per heavy atom. The molecular weight excluding hydrogens is 284 g/mol. The van der Waals surface area contributed by atoms with Crippen LogP contribution in [0.5, 0.6) is 0 Å². The molecule has 0 fully saturated rings. The Labute approximate surface area is 134 Å². The van der Waals surface area contributed by atoms with Crippen LogP contribution in [0.4, 0.5) is 0 Å². The molecule has 0 saturated carbocycles. The molecule has 4 heteroatoms. The van der Waals surface area contributed by atoms with Gasteiger partial charge in [-0.15, -0.1) is 0 Å². The predicted octanol–water partition coefficient (Wildman–Crippen LogP) is 4.04. The van der Waals surface area contributed by atoms with Crippen molar-refractivity contribution in [3.63, 3.8) is 0 Å². The van der Waals surface area contributed by atoms with Gasteiger partial charge in [0, 0.05) is 41.3 Å². The second-order valence-electron chi connectivity index (χ2n) is 5.42. The molecule has 0 aliphatic carbocycles. The number of hydrogen-bond donors (Lipinski definition) is 0. The zero-order valence-electron chi connectivity index (χ0n) is 12.8. The molecule has 0 aliphatic rings. The van der Waals surface area contributed by atoms with E-state index in [1.165, 1.54) is 10.9 Å². The molecule has 0 N–H and O–H groups in total. The number of fused-ring (bicyclic) bond motifs is 1. The minimum Gasteiger partial charge on any atom is -0.264 e. The molecule has 3 heterocycles. The van der Waals surface area contributed by atoms with Crippen molar-refractivity contribution in [1.29, 1.82) is 0 Å². The quantitative estimate of drug-likeness (QED) is 0.573. The Hall–Kier alpha value is -3.01. The molecule has 0 radical (unpaired) electrons. The molecule has 4 nitrogen and oxygen atoms in total. The van der Waals surface area contributed by atoms with Crippen LogP contribution in [-0.4, -0.2) is 19.7 Å². The number of hydrogen-bond acceptors (Lipinski definition) is 3. The van der Waals surface area contributed by atoms with Crippen molar-refractivity contribution in [3.8, 4) is 16.9 Å². The molecule has 1 aromatic carbocycles. The molecule has 23 heavy (non-hydrogen) atoms. The average molecular weight is 300 g/mol. The van der Waals surface area contributed by atoms with Gasteiger partial charge in [0.25, 0.3) is 0 Å². The van der Waals surface area contributed by atoms with Crippen LogP contribution in [-0.2, 0) is 6.42 Å². The predicted molar refractivity (Wildman–Crippen MR) is 91.5 cm³/mol. The second-order valence-corrected chi connectivity index (χ2v) is 5.42. The van der Waals surface area contributed by atoms with Crippen LogP contribution in [0.25, 0.3) is 27.7 Å². The summed E-state index contributed by atoms with van der Waals surface area (Å²) in [5, 5.41) is 6.85. The highest BCUT2D eigenvalue weighted by Gasteiger charge is 2.10. The van der Waals surface area contributed by atoms with E-state index in [0.717, 1.165) is 28.8 Å². The fraction of sp³-hybridized carbons (Fsp3) is 0.105. The molecule has 0 atom stereocenters. The van der Waals surface area contributed by atoms with Crippen molar-refractivity contribution in [1.82, 2.24) is 19.7 Å². The fourth-order valence-electron chi connectivity index (χ4n) is 2.82. The third-order valence-corrected chi connectivity index (χ3v) is 4.03. The molecule has 0 amide bonds. The van der Waals surface area contributed by atoms with E-state index in [9.17, 15) is 0 Å². The van der Waals surface area contributed by atoms with Crippen LogP contribution >= 0.6 is 0 Å². The van der Waals surface area contributed by atoms with E-state index in [1.54, 1.807) is 6.20 Å². The maximum absolute atomic E-state index is 4.64. The molecule has 0 bridgehead atoms. The molecular formula is C19H16N4. The molecule has 0 saturated heterocycles. The van der Waals surface area contributed by atoms with Gasteiger partial charge in [-0.05, 0) is 23.4 Å². The van der Waals surface area contributed by atoms with Gasteiger partial charge in [0.1, 0.15) is 0 Å². The summed E-state index contributed by atoms with van der Waals surface area (Å²) >= 11 is 0. The van der Waals surface area contributed by atoms with Crippen molar-refractivity contribution >= 4 is 10.8 Å². The highest BCUT2D eigenvalue weighted by Crippen LogP contribution is 2.25. The van der Waals surface area contributed by atoms with Gasteiger partial charge in [0.15, 0.2) is 5.82 Å². The monoisotopic (exact) mass is 300 g/mol. The third-order valence-electron chi connectivity index (χ3n) is 4.03. The summed E-state index contributed by atoms with van der Waals surface area (Å²) in [5.41, 5.74) is 3.33. The molecule has 4 rings (SSSR count). The van der Waals surface area contributed by atoms with Gasteiger partial charge >= 0.3 is 0 Å². The summed E-state index contributed by atoms with van der Waals surface area (Å²) < 4.78 is 1.84. The molecule has 0 unspecified atom stereocenters. The number of rotatable bonds is 3. The maximum Gasteiger partial charge on any atom is 0.161 e. The van der Waals surface area contributed by atoms with E-state index in [0.29, 0.717) is 0 Å². The Bertz CT molecular complexity index is 957. The first-order valence-electron chi connectivity index (χ1n) is 7.69. The zero-order chi connectivity index (χ0) is 15.6. The van der Waals surface area contributed by atoms with E-state index in [4.69, 9.17) is 0 Å². The average Bonchev–Trinajstić information content (AvgIpc) is 3.11. The van der Waals surface area contributed by atoms with Gasteiger partial charge in [-0.3, -0.25) is 4.98 Å². The number of benzene rings is 1. The summed E-state index contributed by atoms with van der Waals surface area (Å²) in [5.74, 6) is 0.855. The van der Waals surface area contributed by atoms with Crippen LogP contribution in [0.2, 0.25) is 0 Å². The number of nitrogens with zero attached hydrogens (tertiary/aromatic N) is 4.